The minimum absolute atomic E-state index is 0.0968. The van der Waals surface area contributed by atoms with Crippen molar-refractivity contribution in [3.8, 4) is 5.88 Å². The highest BCUT2D eigenvalue weighted by Crippen LogP contribution is 2.42. The van der Waals surface area contributed by atoms with Crippen molar-refractivity contribution in [2.24, 2.45) is 5.92 Å². The monoisotopic (exact) mass is 278 g/mol. The highest BCUT2D eigenvalue weighted by molar-refractivity contribution is 5.97. The number of carbonyl (C=O) groups is 1. The molecule has 0 saturated heterocycles. The number of amides is 1. The zero-order valence-corrected chi connectivity index (χ0v) is 12.3. The van der Waals surface area contributed by atoms with Gasteiger partial charge < -0.3 is 14.8 Å². The van der Waals surface area contributed by atoms with Crippen LogP contribution in [0.2, 0.25) is 0 Å². The highest BCUT2D eigenvalue weighted by atomic mass is 16.5. The Hall–Kier alpha value is -1.62. The van der Waals surface area contributed by atoms with E-state index in [0.717, 1.165) is 19.3 Å². The molecule has 0 spiro atoms. The first-order valence-corrected chi connectivity index (χ1v) is 7.05. The molecule has 1 heterocycles. The Kier molecular flexibility index (Phi) is 4.60. The Morgan fingerprint density at radius 3 is 2.75 bits per heavy atom. The van der Waals surface area contributed by atoms with E-state index < -0.39 is 5.60 Å². The molecule has 1 N–H and O–H groups in total. The number of rotatable bonds is 7. The standard InChI is InChI=1S/C15H22N2O3/c1-4-9-20-15(2,11-5-6-11)14(18)17-12-7-8-13(19-3)16-10-12/h7-8,10-11H,4-6,9H2,1-3H3,(H,17,18). The van der Waals surface area contributed by atoms with Crippen LogP contribution >= 0.6 is 0 Å². The van der Waals surface area contributed by atoms with Crippen LogP contribution in [0.5, 0.6) is 5.88 Å². The molecular weight excluding hydrogens is 256 g/mol. The first-order valence-electron chi connectivity index (χ1n) is 7.05. The van der Waals surface area contributed by atoms with Crippen LogP contribution < -0.4 is 10.1 Å². The maximum absolute atomic E-state index is 12.5. The van der Waals surface area contributed by atoms with Crippen LogP contribution in [0.4, 0.5) is 5.69 Å². The molecule has 5 nitrogen and oxygen atoms in total. The van der Waals surface area contributed by atoms with Gasteiger partial charge in [-0.05, 0) is 38.2 Å². The van der Waals surface area contributed by atoms with E-state index in [-0.39, 0.29) is 5.91 Å². The summed E-state index contributed by atoms with van der Waals surface area (Å²) in [4.78, 5) is 16.6. The van der Waals surface area contributed by atoms with Crippen molar-refractivity contribution in [1.82, 2.24) is 4.98 Å². The summed E-state index contributed by atoms with van der Waals surface area (Å²) in [5.41, 5.74) is -0.0848. The molecule has 0 aliphatic heterocycles. The average Bonchev–Trinajstić information content (AvgIpc) is 3.30. The zero-order valence-electron chi connectivity index (χ0n) is 12.3. The van der Waals surface area contributed by atoms with Gasteiger partial charge in [-0.1, -0.05) is 6.92 Å². The van der Waals surface area contributed by atoms with Crippen molar-refractivity contribution >= 4 is 11.6 Å². The van der Waals surface area contributed by atoms with Crippen molar-refractivity contribution in [2.75, 3.05) is 19.0 Å². The molecule has 1 aliphatic carbocycles. The number of carbonyl (C=O) groups excluding carboxylic acids is 1. The minimum atomic E-state index is -0.740. The van der Waals surface area contributed by atoms with Crippen molar-refractivity contribution in [2.45, 2.75) is 38.7 Å². The largest absolute Gasteiger partial charge is 0.481 e. The van der Waals surface area contributed by atoms with Crippen molar-refractivity contribution < 1.29 is 14.3 Å². The Bertz CT molecular complexity index is 457. The number of ether oxygens (including phenoxy) is 2. The third-order valence-corrected chi connectivity index (χ3v) is 3.62. The lowest BCUT2D eigenvalue weighted by atomic mass is 9.99. The molecule has 110 valence electrons. The lowest BCUT2D eigenvalue weighted by Crippen LogP contribution is -2.45. The van der Waals surface area contributed by atoms with E-state index in [1.807, 2.05) is 13.8 Å². The fourth-order valence-corrected chi connectivity index (χ4v) is 2.15. The van der Waals surface area contributed by atoms with Gasteiger partial charge in [-0.15, -0.1) is 0 Å². The van der Waals surface area contributed by atoms with E-state index in [1.165, 1.54) is 0 Å². The van der Waals surface area contributed by atoms with Crippen molar-refractivity contribution in [3.05, 3.63) is 18.3 Å². The van der Waals surface area contributed by atoms with E-state index >= 15 is 0 Å². The third kappa shape index (κ3) is 3.28. The number of hydrogen-bond donors (Lipinski definition) is 1. The first-order chi connectivity index (χ1) is 9.60. The SMILES string of the molecule is CCCOC(C)(C(=O)Nc1ccc(OC)nc1)C1CC1. The molecule has 1 saturated carbocycles. The number of nitrogens with one attached hydrogen (secondary N) is 1. The van der Waals surface area contributed by atoms with Crippen LogP contribution in [0.1, 0.15) is 33.1 Å². The van der Waals surface area contributed by atoms with E-state index in [2.05, 4.69) is 10.3 Å². The maximum Gasteiger partial charge on any atom is 0.256 e. The molecule has 0 bridgehead atoms. The normalized spacial score (nSPS) is 17.4. The van der Waals surface area contributed by atoms with Crippen LogP contribution in [-0.4, -0.2) is 30.2 Å². The topological polar surface area (TPSA) is 60.5 Å². The molecule has 1 unspecified atom stereocenters. The van der Waals surface area contributed by atoms with Crippen LogP contribution in [0.25, 0.3) is 0 Å². The van der Waals surface area contributed by atoms with Crippen LogP contribution in [0, 0.1) is 5.92 Å². The number of anilines is 1. The van der Waals surface area contributed by atoms with Crippen molar-refractivity contribution in [3.63, 3.8) is 0 Å². The molecule has 20 heavy (non-hydrogen) atoms. The van der Waals surface area contributed by atoms with E-state index in [1.54, 1.807) is 25.4 Å². The maximum atomic E-state index is 12.5. The van der Waals surface area contributed by atoms with Gasteiger partial charge in [0.15, 0.2) is 0 Å². The summed E-state index contributed by atoms with van der Waals surface area (Å²) in [5, 5.41) is 2.88. The molecule has 1 aromatic heterocycles. The Balaban J connectivity index is 2.03. The molecule has 0 aromatic carbocycles. The van der Waals surface area contributed by atoms with Gasteiger partial charge in [0.25, 0.3) is 5.91 Å². The second kappa shape index (κ2) is 6.22. The van der Waals surface area contributed by atoms with Crippen LogP contribution in [0.3, 0.4) is 0 Å². The number of methoxy groups -OCH3 is 1. The smallest absolute Gasteiger partial charge is 0.256 e. The first kappa shape index (κ1) is 14.8. The Labute approximate surface area is 119 Å². The molecule has 5 heteroatoms. The summed E-state index contributed by atoms with van der Waals surface area (Å²) in [6.45, 7) is 4.52. The van der Waals surface area contributed by atoms with Gasteiger partial charge in [-0.2, -0.15) is 0 Å². The number of nitrogens with zero attached hydrogens (tertiary/aromatic N) is 1. The fraction of sp³-hybridized carbons (Fsp3) is 0.600. The van der Waals surface area contributed by atoms with Crippen molar-refractivity contribution in [1.29, 1.82) is 0 Å². The fourth-order valence-electron chi connectivity index (χ4n) is 2.15. The molecule has 1 fully saturated rings. The van der Waals surface area contributed by atoms with Gasteiger partial charge in [-0.25, -0.2) is 4.98 Å². The molecule has 0 radical (unpaired) electrons. The Morgan fingerprint density at radius 2 is 2.25 bits per heavy atom. The van der Waals surface area contributed by atoms with E-state index in [4.69, 9.17) is 9.47 Å². The van der Waals surface area contributed by atoms with Gasteiger partial charge >= 0.3 is 0 Å². The summed E-state index contributed by atoms with van der Waals surface area (Å²) in [6, 6.07) is 3.49. The lowest BCUT2D eigenvalue weighted by Gasteiger charge is -2.28. The molecule has 1 atom stereocenters. The zero-order chi connectivity index (χ0) is 14.6. The van der Waals surface area contributed by atoms with Gasteiger partial charge in [0.2, 0.25) is 5.88 Å². The van der Waals surface area contributed by atoms with E-state index in [9.17, 15) is 4.79 Å². The summed E-state index contributed by atoms with van der Waals surface area (Å²) >= 11 is 0. The number of pyridine rings is 1. The number of hydrogen-bond acceptors (Lipinski definition) is 4. The number of aromatic nitrogens is 1. The van der Waals surface area contributed by atoms with Gasteiger partial charge in [0, 0.05) is 12.7 Å². The molecular formula is C15H22N2O3. The van der Waals surface area contributed by atoms with Gasteiger partial charge in [0.1, 0.15) is 5.60 Å². The van der Waals surface area contributed by atoms with Gasteiger partial charge in [-0.3, -0.25) is 4.79 Å². The van der Waals surface area contributed by atoms with Crippen LogP contribution in [-0.2, 0) is 9.53 Å². The summed E-state index contributed by atoms with van der Waals surface area (Å²) < 4.78 is 10.8. The Morgan fingerprint density at radius 1 is 1.50 bits per heavy atom. The van der Waals surface area contributed by atoms with Gasteiger partial charge in [0.05, 0.1) is 19.0 Å². The third-order valence-electron chi connectivity index (χ3n) is 3.62. The highest BCUT2D eigenvalue weighted by Gasteiger charge is 2.48. The quantitative estimate of drug-likeness (QED) is 0.833. The summed E-state index contributed by atoms with van der Waals surface area (Å²) in [7, 11) is 1.56. The second-order valence-corrected chi connectivity index (χ2v) is 5.27. The molecule has 2 rings (SSSR count). The lowest BCUT2D eigenvalue weighted by molar-refractivity contribution is -0.142. The minimum Gasteiger partial charge on any atom is -0.481 e. The predicted octanol–water partition coefficient (Wildman–Crippen LogP) is 2.62. The second-order valence-electron chi connectivity index (χ2n) is 5.27. The predicted molar refractivity (Wildman–Crippen MR) is 76.8 cm³/mol. The van der Waals surface area contributed by atoms with E-state index in [0.29, 0.717) is 24.1 Å². The molecule has 1 aromatic rings. The molecule has 1 amide bonds. The summed E-state index contributed by atoms with van der Waals surface area (Å²) in [6.07, 6.45) is 4.59. The summed E-state index contributed by atoms with van der Waals surface area (Å²) in [5.74, 6) is 0.746. The van der Waals surface area contributed by atoms with Crippen LogP contribution in [0.15, 0.2) is 18.3 Å². The average molecular weight is 278 g/mol. The molecule has 1 aliphatic rings.